The van der Waals surface area contributed by atoms with Gasteiger partial charge in [-0.05, 0) is 68.0 Å². The molecule has 0 aliphatic rings. The molecule has 2 N–H and O–H groups in total. The number of rotatable bonds is 15. The standard InChI is InChI=1S/C34H38N2O5/c1-3-34(4-2,33(38)39)23-32(37)36-27-14-10-15-29(21-27)41-24-28-18-16-26-17-19-30(22-31(26)35-28)40-20-9-8-13-25-11-6-5-7-12-25/h5-7,10-12,14-19,21-22H,3-4,8-9,13,20,23-24H2,1-2H3,(H,36,37)(H,38,39). The number of carboxylic acid groups (broad SMARTS) is 1. The molecular formula is C34H38N2O5. The van der Waals surface area contributed by atoms with Gasteiger partial charge in [0.05, 0.1) is 23.2 Å². The van der Waals surface area contributed by atoms with Crippen LogP contribution in [0.1, 0.15) is 57.2 Å². The number of aryl methyl sites for hydroxylation is 1. The molecule has 1 amide bonds. The van der Waals surface area contributed by atoms with Crippen molar-refractivity contribution in [3.63, 3.8) is 0 Å². The maximum atomic E-state index is 12.6. The Morgan fingerprint density at radius 3 is 2.37 bits per heavy atom. The molecule has 7 nitrogen and oxygen atoms in total. The molecule has 1 aromatic heterocycles. The van der Waals surface area contributed by atoms with Gasteiger partial charge in [-0.2, -0.15) is 0 Å². The van der Waals surface area contributed by atoms with Crippen molar-refractivity contribution in [2.24, 2.45) is 5.41 Å². The summed E-state index contributed by atoms with van der Waals surface area (Å²) in [6.45, 7) is 4.50. The second kappa shape index (κ2) is 14.3. The predicted octanol–water partition coefficient (Wildman–Crippen LogP) is 7.44. The summed E-state index contributed by atoms with van der Waals surface area (Å²) in [7, 11) is 0. The Morgan fingerprint density at radius 1 is 0.854 bits per heavy atom. The molecule has 0 fully saturated rings. The number of aromatic nitrogens is 1. The third-order valence-corrected chi connectivity index (χ3v) is 7.50. The number of nitrogens with zero attached hydrogens (tertiary/aromatic N) is 1. The average Bonchev–Trinajstić information content (AvgIpc) is 2.99. The Balaban J connectivity index is 1.30. The number of pyridine rings is 1. The lowest BCUT2D eigenvalue weighted by molar-refractivity contribution is -0.151. The first kappa shape index (κ1) is 29.6. The van der Waals surface area contributed by atoms with Crippen LogP contribution in [-0.2, 0) is 22.6 Å². The Labute approximate surface area is 241 Å². The molecule has 0 saturated heterocycles. The summed E-state index contributed by atoms with van der Waals surface area (Å²) in [5.41, 5.74) is 2.44. The van der Waals surface area contributed by atoms with E-state index < -0.39 is 11.4 Å². The number of carboxylic acids is 1. The van der Waals surface area contributed by atoms with Crippen molar-refractivity contribution in [3.8, 4) is 11.5 Å². The van der Waals surface area contributed by atoms with Crippen LogP contribution >= 0.6 is 0 Å². The van der Waals surface area contributed by atoms with E-state index in [0.29, 0.717) is 30.9 Å². The van der Waals surface area contributed by atoms with Gasteiger partial charge in [-0.25, -0.2) is 4.98 Å². The van der Waals surface area contributed by atoms with Gasteiger partial charge in [-0.15, -0.1) is 0 Å². The van der Waals surface area contributed by atoms with Crippen molar-refractivity contribution in [2.75, 3.05) is 11.9 Å². The maximum Gasteiger partial charge on any atom is 0.310 e. The van der Waals surface area contributed by atoms with Crippen molar-refractivity contribution >= 4 is 28.5 Å². The van der Waals surface area contributed by atoms with Gasteiger partial charge in [0.2, 0.25) is 5.91 Å². The van der Waals surface area contributed by atoms with Crippen LogP contribution in [0.3, 0.4) is 0 Å². The first-order valence-electron chi connectivity index (χ1n) is 14.2. The van der Waals surface area contributed by atoms with Crippen molar-refractivity contribution in [1.29, 1.82) is 0 Å². The molecule has 4 aromatic rings. The summed E-state index contributed by atoms with van der Waals surface area (Å²) in [5.74, 6) is 0.0888. The molecule has 1 heterocycles. The van der Waals surface area contributed by atoms with Crippen LogP contribution in [0.25, 0.3) is 10.9 Å². The van der Waals surface area contributed by atoms with Crippen LogP contribution in [0.15, 0.2) is 84.9 Å². The van der Waals surface area contributed by atoms with Gasteiger partial charge in [-0.1, -0.05) is 56.3 Å². The van der Waals surface area contributed by atoms with Gasteiger partial charge in [0.1, 0.15) is 18.1 Å². The van der Waals surface area contributed by atoms with Crippen LogP contribution in [0, 0.1) is 5.41 Å². The van der Waals surface area contributed by atoms with Gasteiger partial charge in [-0.3, -0.25) is 9.59 Å². The Bertz CT molecular complexity index is 1450. The second-order valence-electron chi connectivity index (χ2n) is 10.3. The number of carbonyl (C=O) groups is 2. The lowest BCUT2D eigenvalue weighted by atomic mass is 9.79. The second-order valence-corrected chi connectivity index (χ2v) is 10.3. The minimum absolute atomic E-state index is 0.0825. The number of carbonyl (C=O) groups excluding carboxylic acids is 1. The number of amides is 1. The number of nitrogens with one attached hydrogen (secondary N) is 1. The molecule has 0 atom stereocenters. The molecule has 0 aliphatic carbocycles. The average molecular weight is 555 g/mol. The zero-order valence-electron chi connectivity index (χ0n) is 23.8. The zero-order chi connectivity index (χ0) is 29.1. The third kappa shape index (κ3) is 8.30. The lowest BCUT2D eigenvalue weighted by Crippen LogP contribution is -2.34. The molecule has 0 radical (unpaired) electrons. The molecule has 0 unspecified atom stereocenters. The van der Waals surface area contributed by atoms with E-state index >= 15 is 0 Å². The quantitative estimate of drug-likeness (QED) is 0.148. The summed E-state index contributed by atoms with van der Waals surface area (Å²) in [4.78, 5) is 29.1. The molecule has 7 heteroatoms. The fourth-order valence-corrected chi connectivity index (χ4v) is 4.79. The first-order valence-corrected chi connectivity index (χ1v) is 14.2. The first-order chi connectivity index (χ1) is 19.9. The monoisotopic (exact) mass is 554 g/mol. The van der Waals surface area contributed by atoms with Crippen molar-refractivity contribution in [3.05, 3.63) is 96.2 Å². The number of fused-ring (bicyclic) bond motifs is 1. The van der Waals surface area contributed by atoms with Crippen molar-refractivity contribution in [2.45, 2.75) is 59.0 Å². The lowest BCUT2D eigenvalue weighted by Gasteiger charge is -2.25. The van der Waals surface area contributed by atoms with Crippen LogP contribution in [0.2, 0.25) is 0 Å². The SMILES string of the molecule is CCC(CC)(CC(=O)Nc1cccc(OCc2ccc3ccc(OCCCCc4ccccc4)cc3n2)c1)C(=O)O. The molecule has 3 aromatic carbocycles. The Morgan fingerprint density at radius 2 is 1.61 bits per heavy atom. The summed E-state index contributed by atoms with van der Waals surface area (Å²) in [5, 5.41) is 13.5. The van der Waals surface area contributed by atoms with Gasteiger partial charge >= 0.3 is 5.97 Å². The summed E-state index contributed by atoms with van der Waals surface area (Å²) in [6.07, 6.45) is 3.79. The van der Waals surface area contributed by atoms with Gasteiger partial charge in [0.25, 0.3) is 0 Å². The minimum atomic E-state index is -1.06. The van der Waals surface area contributed by atoms with E-state index in [1.54, 1.807) is 38.1 Å². The van der Waals surface area contributed by atoms with Gasteiger partial charge in [0, 0.05) is 29.6 Å². The minimum Gasteiger partial charge on any atom is -0.494 e. The summed E-state index contributed by atoms with van der Waals surface area (Å²) >= 11 is 0. The highest BCUT2D eigenvalue weighted by atomic mass is 16.5. The Kier molecular flexibility index (Phi) is 10.3. The van der Waals surface area contributed by atoms with E-state index in [2.05, 4.69) is 29.6 Å². The highest BCUT2D eigenvalue weighted by Crippen LogP contribution is 2.31. The highest BCUT2D eigenvalue weighted by Gasteiger charge is 2.37. The number of benzene rings is 3. The molecular weight excluding hydrogens is 516 g/mol. The molecule has 0 aliphatic heterocycles. The van der Waals surface area contributed by atoms with Crippen molar-refractivity contribution in [1.82, 2.24) is 4.98 Å². The van der Waals surface area contributed by atoms with E-state index in [9.17, 15) is 14.7 Å². The number of unbranched alkanes of at least 4 members (excludes halogenated alkanes) is 1. The number of hydrogen-bond acceptors (Lipinski definition) is 5. The van der Waals surface area contributed by atoms with Crippen LogP contribution in [0.4, 0.5) is 5.69 Å². The van der Waals surface area contributed by atoms with Crippen LogP contribution in [-0.4, -0.2) is 28.6 Å². The molecule has 41 heavy (non-hydrogen) atoms. The smallest absolute Gasteiger partial charge is 0.310 e. The number of hydrogen-bond donors (Lipinski definition) is 2. The number of anilines is 1. The third-order valence-electron chi connectivity index (χ3n) is 7.50. The van der Waals surface area contributed by atoms with E-state index in [0.717, 1.165) is 41.6 Å². The Hall–Kier alpha value is -4.39. The fraction of sp³-hybridized carbons (Fsp3) is 0.324. The maximum absolute atomic E-state index is 12.6. The molecule has 0 bridgehead atoms. The molecule has 0 spiro atoms. The number of aliphatic carboxylic acids is 1. The van der Waals surface area contributed by atoms with Crippen LogP contribution in [0.5, 0.6) is 11.5 Å². The number of ether oxygens (including phenoxy) is 2. The van der Waals surface area contributed by atoms with Crippen molar-refractivity contribution < 1.29 is 24.2 Å². The van der Waals surface area contributed by atoms with Gasteiger partial charge in [0.15, 0.2) is 0 Å². The largest absolute Gasteiger partial charge is 0.494 e. The van der Waals surface area contributed by atoms with Gasteiger partial charge < -0.3 is 19.9 Å². The van der Waals surface area contributed by atoms with E-state index in [1.165, 1.54) is 5.56 Å². The normalized spacial score (nSPS) is 11.3. The predicted molar refractivity (Wildman–Crippen MR) is 161 cm³/mol. The van der Waals surface area contributed by atoms with E-state index in [1.807, 2.05) is 36.4 Å². The summed E-state index contributed by atoms with van der Waals surface area (Å²) in [6, 6.07) is 27.4. The molecule has 214 valence electrons. The van der Waals surface area contributed by atoms with Crippen LogP contribution < -0.4 is 14.8 Å². The van der Waals surface area contributed by atoms with E-state index in [-0.39, 0.29) is 18.9 Å². The highest BCUT2D eigenvalue weighted by molar-refractivity contribution is 5.94. The zero-order valence-corrected chi connectivity index (χ0v) is 23.8. The molecule has 4 rings (SSSR count). The van der Waals surface area contributed by atoms with E-state index in [4.69, 9.17) is 14.5 Å². The fourth-order valence-electron chi connectivity index (χ4n) is 4.79. The topological polar surface area (TPSA) is 97.8 Å². The summed E-state index contributed by atoms with van der Waals surface area (Å²) < 4.78 is 11.9. The molecule has 0 saturated carbocycles.